The maximum atomic E-state index is 13.3. The third kappa shape index (κ3) is 3.12. The first kappa shape index (κ1) is 15.7. The molecule has 0 amide bonds. The minimum Gasteiger partial charge on any atom is -0.497 e. The SMILES string of the molecule is COc1ccc(OC)c(C2=NC(=Cc3cccc(F)c3)C(=O)O2)c1. The van der Waals surface area contributed by atoms with E-state index >= 15 is 0 Å². The zero-order chi connectivity index (χ0) is 17.1. The maximum absolute atomic E-state index is 13.3. The molecule has 0 saturated heterocycles. The summed E-state index contributed by atoms with van der Waals surface area (Å²) in [6.45, 7) is 0. The van der Waals surface area contributed by atoms with E-state index < -0.39 is 11.8 Å². The molecule has 0 bridgehead atoms. The predicted molar refractivity (Wildman–Crippen MR) is 86.6 cm³/mol. The molecule has 1 heterocycles. The highest BCUT2D eigenvalue weighted by Crippen LogP contribution is 2.28. The molecule has 24 heavy (non-hydrogen) atoms. The Balaban J connectivity index is 2.00. The first-order valence-corrected chi connectivity index (χ1v) is 7.11. The Morgan fingerprint density at radius 2 is 1.96 bits per heavy atom. The molecule has 0 aliphatic carbocycles. The van der Waals surface area contributed by atoms with Crippen molar-refractivity contribution < 1.29 is 23.4 Å². The van der Waals surface area contributed by atoms with Crippen molar-refractivity contribution in [1.29, 1.82) is 0 Å². The lowest BCUT2D eigenvalue weighted by Crippen LogP contribution is -2.07. The summed E-state index contributed by atoms with van der Waals surface area (Å²) in [4.78, 5) is 16.2. The number of halogens is 1. The average molecular weight is 327 g/mol. The Morgan fingerprint density at radius 3 is 2.67 bits per heavy atom. The van der Waals surface area contributed by atoms with E-state index in [0.717, 1.165) is 0 Å². The summed E-state index contributed by atoms with van der Waals surface area (Å²) in [6.07, 6.45) is 1.46. The van der Waals surface area contributed by atoms with E-state index in [4.69, 9.17) is 14.2 Å². The molecule has 0 N–H and O–H groups in total. The van der Waals surface area contributed by atoms with Crippen LogP contribution in [0.5, 0.6) is 11.5 Å². The lowest BCUT2D eigenvalue weighted by Gasteiger charge is -2.08. The monoisotopic (exact) mass is 327 g/mol. The summed E-state index contributed by atoms with van der Waals surface area (Å²) in [5.41, 5.74) is 1.10. The van der Waals surface area contributed by atoms with Crippen LogP contribution in [0.4, 0.5) is 4.39 Å². The van der Waals surface area contributed by atoms with Gasteiger partial charge in [-0.05, 0) is 42.0 Å². The van der Waals surface area contributed by atoms with Gasteiger partial charge in [0.05, 0.1) is 19.8 Å². The molecule has 0 aromatic heterocycles. The first-order chi connectivity index (χ1) is 11.6. The van der Waals surface area contributed by atoms with E-state index in [-0.39, 0.29) is 11.6 Å². The highest BCUT2D eigenvalue weighted by atomic mass is 19.1. The van der Waals surface area contributed by atoms with Gasteiger partial charge in [-0.25, -0.2) is 14.2 Å². The number of rotatable bonds is 4. The van der Waals surface area contributed by atoms with Crippen molar-refractivity contribution in [3.05, 3.63) is 65.1 Å². The van der Waals surface area contributed by atoms with Crippen LogP contribution in [0, 0.1) is 5.82 Å². The molecule has 0 atom stereocenters. The molecule has 1 aliphatic rings. The number of esters is 1. The standard InChI is InChI=1S/C18H14FNO4/c1-22-13-6-7-16(23-2)14(10-13)17-20-15(18(21)24-17)9-11-4-3-5-12(19)8-11/h3-10H,1-2H3. The topological polar surface area (TPSA) is 57.1 Å². The van der Waals surface area contributed by atoms with E-state index in [1.807, 2.05) is 0 Å². The molecule has 0 unspecified atom stereocenters. The normalized spacial score (nSPS) is 15.2. The number of nitrogens with zero attached hydrogens (tertiary/aromatic N) is 1. The number of carbonyl (C=O) groups excluding carboxylic acids is 1. The van der Waals surface area contributed by atoms with Crippen molar-refractivity contribution in [3.63, 3.8) is 0 Å². The number of carbonyl (C=O) groups is 1. The molecule has 5 nitrogen and oxygen atoms in total. The largest absolute Gasteiger partial charge is 0.497 e. The lowest BCUT2D eigenvalue weighted by atomic mass is 10.2. The lowest BCUT2D eigenvalue weighted by molar-refractivity contribution is -0.129. The second-order valence-corrected chi connectivity index (χ2v) is 4.96. The molecule has 2 aromatic rings. The third-order valence-electron chi connectivity index (χ3n) is 3.41. The van der Waals surface area contributed by atoms with Crippen LogP contribution < -0.4 is 9.47 Å². The zero-order valence-corrected chi connectivity index (χ0v) is 13.1. The van der Waals surface area contributed by atoms with Crippen molar-refractivity contribution in [3.8, 4) is 11.5 Å². The van der Waals surface area contributed by atoms with Crippen LogP contribution in [0.15, 0.2) is 53.2 Å². The fourth-order valence-electron chi connectivity index (χ4n) is 2.26. The van der Waals surface area contributed by atoms with Gasteiger partial charge in [-0.15, -0.1) is 0 Å². The Bertz CT molecular complexity index is 858. The van der Waals surface area contributed by atoms with Crippen molar-refractivity contribution in [1.82, 2.24) is 0 Å². The average Bonchev–Trinajstić information content (AvgIpc) is 2.95. The van der Waals surface area contributed by atoms with E-state index in [2.05, 4.69) is 4.99 Å². The Hall–Kier alpha value is -3.15. The minimum absolute atomic E-state index is 0.0838. The fraction of sp³-hybridized carbons (Fsp3) is 0.111. The Morgan fingerprint density at radius 1 is 1.12 bits per heavy atom. The maximum Gasteiger partial charge on any atom is 0.363 e. The highest BCUT2D eigenvalue weighted by molar-refractivity contribution is 6.13. The van der Waals surface area contributed by atoms with Crippen LogP contribution in [-0.4, -0.2) is 26.1 Å². The van der Waals surface area contributed by atoms with Gasteiger partial charge in [0, 0.05) is 0 Å². The number of hydrogen-bond acceptors (Lipinski definition) is 5. The van der Waals surface area contributed by atoms with Gasteiger partial charge in [-0.1, -0.05) is 12.1 Å². The highest BCUT2D eigenvalue weighted by Gasteiger charge is 2.26. The molecule has 122 valence electrons. The fourth-order valence-corrected chi connectivity index (χ4v) is 2.26. The van der Waals surface area contributed by atoms with Gasteiger partial charge in [0.15, 0.2) is 5.70 Å². The Kier molecular flexibility index (Phi) is 4.29. The first-order valence-electron chi connectivity index (χ1n) is 7.11. The third-order valence-corrected chi connectivity index (χ3v) is 3.41. The second kappa shape index (κ2) is 6.54. The van der Waals surface area contributed by atoms with Crippen LogP contribution >= 0.6 is 0 Å². The van der Waals surface area contributed by atoms with Gasteiger partial charge in [-0.3, -0.25) is 0 Å². The van der Waals surface area contributed by atoms with Crippen LogP contribution in [0.1, 0.15) is 11.1 Å². The Labute approximate surface area is 138 Å². The zero-order valence-electron chi connectivity index (χ0n) is 13.1. The van der Waals surface area contributed by atoms with E-state index in [1.54, 1.807) is 30.3 Å². The van der Waals surface area contributed by atoms with E-state index in [0.29, 0.717) is 22.6 Å². The summed E-state index contributed by atoms with van der Waals surface area (Å²) in [5, 5.41) is 0. The summed E-state index contributed by atoms with van der Waals surface area (Å²) in [5.74, 6) is 0.174. The summed E-state index contributed by atoms with van der Waals surface area (Å²) < 4.78 is 28.9. The van der Waals surface area contributed by atoms with Crippen molar-refractivity contribution >= 4 is 17.9 Å². The summed E-state index contributed by atoms with van der Waals surface area (Å²) in [7, 11) is 3.04. The quantitative estimate of drug-likeness (QED) is 0.639. The number of aliphatic imine (C=N–C) groups is 1. The van der Waals surface area contributed by atoms with Gasteiger partial charge < -0.3 is 14.2 Å². The summed E-state index contributed by atoms with van der Waals surface area (Å²) in [6, 6.07) is 10.9. The van der Waals surface area contributed by atoms with E-state index in [1.165, 1.54) is 32.4 Å². The van der Waals surface area contributed by atoms with Gasteiger partial charge >= 0.3 is 5.97 Å². The van der Waals surface area contributed by atoms with Gasteiger partial charge in [0.25, 0.3) is 0 Å². The van der Waals surface area contributed by atoms with Gasteiger partial charge in [0.1, 0.15) is 17.3 Å². The van der Waals surface area contributed by atoms with Crippen molar-refractivity contribution in [2.45, 2.75) is 0 Å². The van der Waals surface area contributed by atoms with Crippen LogP contribution in [0.25, 0.3) is 6.08 Å². The molecule has 1 aliphatic heterocycles. The molecule has 2 aromatic carbocycles. The van der Waals surface area contributed by atoms with Gasteiger partial charge in [-0.2, -0.15) is 0 Å². The number of benzene rings is 2. The molecule has 0 radical (unpaired) electrons. The van der Waals surface area contributed by atoms with Crippen molar-refractivity contribution in [2.75, 3.05) is 14.2 Å². The van der Waals surface area contributed by atoms with Crippen molar-refractivity contribution in [2.24, 2.45) is 4.99 Å². The van der Waals surface area contributed by atoms with Crippen LogP contribution in [-0.2, 0) is 9.53 Å². The number of cyclic esters (lactones) is 1. The molecule has 0 spiro atoms. The molecule has 3 rings (SSSR count). The number of ether oxygens (including phenoxy) is 3. The minimum atomic E-state index is -0.612. The van der Waals surface area contributed by atoms with Gasteiger partial charge in [0.2, 0.25) is 5.90 Å². The van der Waals surface area contributed by atoms with Crippen LogP contribution in [0.2, 0.25) is 0 Å². The molecular formula is C18H14FNO4. The molecule has 0 fully saturated rings. The summed E-state index contributed by atoms with van der Waals surface area (Å²) >= 11 is 0. The molecule has 6 heteroatoms. The molecule has 0 saturated carbocycles. The number of methoxy groups -OCH3 is 2. The smallest absolute Gasteiger partial charge is 0.363 e. The second-order valence-electron chi connectivity index (χ2n) is 4.96. The number of hydrogen-bond donors (Lipinski definition) is 0. The van der Waals surface area contributed by atoms with Crippen LogP contribution in [0.3, 0.4) is 0 Å². The molecular weight excluding hydrogens is 313 g/mol. The predicted octanol–water partition coefficient (Wildman–Crippen LogP) is 3.19. The van der Waals surface area contributed by atoms with E-state index in [9.17, 15) is 9.18 Å².